The van der Waals surface area contributed by atoms with Gasteiger partial charge in [0.2, 0.25) is 11.8 Å². The van der Waals surface area contributed by atoms with Crippen molar-refractivity contribution in [2.24, 2.45) is 5.92 Å². The van der Waals surface area contributed by atoms with Gasteiger partial charge in [0.25, 0.3) is 5.91 Å². The first-order chi connectivity index (χ1) is 22.6. The lowest BCUT2D eigenvalue weighted by Gasteiger charge is -2.36. The molecule has 0 aromatic heterocycles. The number of hydrogen-bond acceptors (Lipinski definition) is 6. The number of aliphatic hydroxyl groups is 1. The number of amides is 3. The van der Waals surface area contributed by atoms with Gasteiger partial charge in [-0.2, -0.15) is 0 Å². The molecule has 3 aromatic carbocycles. The fourth-order valence-electron chi connectivity index (χ4n) is 5.73. The molecule has 3 amide bonds. The average Bonchev–Trinajstić information content (AvgIpc) is 3.06. The number of carbonyl (C=O) groups is 3. The van der Waals surface area contributed by atoms with Crippen molar-refractivity contribution in [2.75, 3.05) is 38.7 Å². The van der Waals surface area contributed by atoms with Crippen LogP contribution in [0.2, 0.25) is 0 Å². The fraction of sp³-hybridized carbons (Fsp3) is 0.447. The van der Waals surface area contributed by atoms with E-state index in [1.54, 1.807) is 42.0 Å². The zero-order valence-electron chi connectivity index (χ0n) is 28.1. The minimum Gasteiger partial charge on any atom is -0.490 e. The Labute approximate surface area is 278 Å². The van der Waals surface area contributed by atoms with Crippen molar-refractivity contribution in [1.82, 2.24) is 9.80 Å². The summed E-state index contributed by atoms with van der Waals surface area (Å²) >= 11 is 0. The molecule has 0 bridgehead atoms. The average molecular weight is 644 g/mol. The van der Waals surface area contributed by atoms with E-state index in [1.807, 2.05) is 74.5 Å². The Morgan fingerprint density at radius 1 is 0.979 bits per heavy atom. The van der Waals surface area contributed by atoms with E-state index < -0.39 is 6.04 Å². The molecule has 3 aromatic rings. The van der Waals surface area contributed by atoms with Crippen LogP contribution in [0.3, 0.4) is 0 Å². The number of nitrogens with zero attached hydrogens (tertiary/aromatic N) is 2. The maximum atomic E-state index is 14.3. The van der Waals surface area contributed by atoms with E-state index in [0.717, 1.165) is 30.4 Å². The summed E-state index contributed by atoms with van der Waals surface area (Å²) in [4.78, 5) is 43.7. The Balaban J connectivity index is 1.58. The highest BCUT2D eigenvalue weighted by atomic mass is 16.5. The monoisotopic (exact) mass is 643 g/mol. The first-order valence-electron chi connectivity index (χ1n) is 16.6. The summed E-state index contributed by atoms with van der Waals surface area (Å²) in [5.41, 5.74) is 2.63. The van der Waals surface area contributed by atoms with Gasteiger partial charge < -0.3 is 29.7 Å². The third kappa shape index (κ3) is 10.7. The van der Waals surface area contributed by atoms with Gasteiger partial charge in [0.1, 0.15) is 5.75 Å². The Hall–Kier alpha value is -4.21. The summed E-state index contributed by atoms with van der Waals surface area (Å²) in [7, 11) is 1.79. The summed E-state index contributed by atoms with van der Waals surface area (Å²) < 4.78 is 12.7. The normalized spacial score (nSPS) is 19.9. The molecular weight excluding hydrogens is 594 g/mol. The molecule has 0 spiro atoms. The number of nitrogens with one attached hydrogen (secondary N) is 1. The zero-order valence-corrected chi connectivity index (χ0v) is 28.1. The maximum Gasteiger partial charge on any atom is 0.258 e. The fourth-order valence-corrected chi connectivity index (χ4v) is 5.73. The minimum absolute atomic E-state index is 0.00944. The Kier molecular flexibility index (Phi) is 13.4. The second-order valence-corrected chi connectivity index (χ2v) is 12.7. The predicted octanol–water partition coefficient (Wildman–Crippen LogP) is 5.36. The van der Waals surface area contributed by atoms with Crippen LogP contribution < -0.4 is 10.1 Å². The molecule has 9 heteroatoms. The molecule has 4 atom stereocenters. The van der Waals surface area contributed by atoms with Gasteiger partial charge in [0.05, 0.1) is 43.3 Å². The first-order valence-corrected chi connectivity index (χ1v) is 16.6. The van der Waals surface area contributed by atoms with Crippen LogP contribution in [0.1, 0.15) is 61.5 Å². The summed E-state index contributed by atoms with van der Waals surface area (Å²) in [6, 6.07) is 23.8. The van der Waals surface area contributed by atoms with Crippen LogP contribution in [-0.2, 0) is 27.2 Å². The Bertz CT molecular complexity index is 1450. The van der Waals surface area contributed by atoms with Crippen LogP contribution in [0, 0.1) is 5.92 Å². The SMILES string of the molecule is C[C@@H]1CN([C@@H](C)CO)C(=O)c2cc(NC(=O)Cc3ccccc3)ccc2O[C@@H](C)CCCCO[C@H]1CN(C)C(=O)Cc1ccccc1. The molecule has 0 unspecified atom stereocenters. The molecule has 0 saturated heterocycles. The van der Waals surface area contributed by atoms with Crippen LogP contribution in [0.5, 0.6) is 5.75 Å². The molecule has 0 aliphatic carbocycles. The van der Waals surface area contributed by atoms with E-state index in [2.05, 4.69) is 5.32 Å². The lowest BCUT2D eigenvalue weighted by molar-refractivity contribution is -0.131. The van der Waals surface area contributed by atoms with Gasteiger partial charge in [-0.25, -0.2) is 0 Å². The van der Waals surface area contributed by atoms with E-state index >= 15 is 0 Å². The zero-order chi connectivity index (χ0) is 33.8. The van der Waals surface area contributed by atoms with Crippen molar-refractivity contribution in [1.29, 1.82) is 0 Å². The molecule has 9 nitrogen and oxygen atoms in total. The number of likely N-dealkylation sites (N-methyl/N-ethyl adjacent to an activating group) is 1. The number of carbonyl (C=O) groups excluding carboxylic acids is 3. The van der Waals surface area contributed by atoms with Crippen molar-refractivity contribution in [3.05, 3.63) is 95.6 Å². The number of fused-ring (bicyclic) bond motifs is 1. The van der Waals surface area contributed by atoms with Crippen LogP contribution in [0.4, 0.5) is 5.69 Å². The largest absolute Gasteiger partial charge is 0.490 e. The molecule has 1 aliphatic heterocycles. The number of benzene rings is 3. The van der Waals surface area contributed by atoms with Crippen LogP contribution in [0.25, 0.3) is 0 Å². The molecule has 2 N–H and O–H groups in total. The Morgan fingerprint density at radius 2 is 1.64 bits per heavy atom. The van der Waals surface area contributed by atoms with Crippen LogP contribution >= 0.6 is 0 Å². The number of rotatable bonds is 9. The summed E-state index contributed by atoms with van der Waals surface area (Å²) in [6.07, 6.45) is 2.46. The molecule has 4 rings (SSSR count). The van der Waals surface area contributed by atoms with Gasteiger partial charge in [-0.1, -0.05) is 67.6 Å². The Morgan fingerprint density at radius 3 is 2.30 bits per heavy atom. The maximum absolute atomic E-state index is 14.3. The van der Waals surface area contributed by atoms with Gasteiger partial charge >= 0.3 is 0 Å². The summed E-state index contributed by atoms with van der Waals surface area (Å²) in [6.45, 7) is 6.72. The van der Waals surface area contributed by atoms with E-state index in [0.29, 0.717) is 36.6 Å². The quantitative estimate of drug-likeness (QED) is 0.325. The van der Waals surface area contributed by atoms with Crippen molar-refractivity contribution < 1.29 is 29.0 Å². The standard InChI is InChI=1S/C38H49N3O6/c1-27-24-41(28(2)26-42)38(45)33-23-32(39-36(43)21-30-14-7-5-8-15-30)18-19-34(33)47-29(3)13-11-12-20-46-35(27)25-40(4)37(44)22-31-16-9-6-10-17-31/h5-10,14-19,23,27-29,35,42H,11-13,20-22,24-26H2,1-4H3,(H,39,43)/t27-,28+,29+,35+/m1/s1. The molecule has 1 heterocycles. The first kappa shape index (κ1) is 35.6. The van der Waals surface area contributed by atoms with Crippen LogP contribution in [-0.4, -0.2) is 84.2 Å². The predicted molar refractivity (Wildman–Crippen MR) is 183 cm³/mol. The van der Waals surface area contributed by atoms with E-state index in [1.165, 1.54) is 0 Å². The highest BCUT2D eigenvalue weighted by Crippen LogP contribution is 2.28. The molecule has 1 aliphatic rings. The molecular formula is C38H49N3O6. The molecule has 0 saturated carbocycles. The van der Waals surface area contributed by atoms with Crippen molar-refractivity contribution >= 4 is 23.4 Å². The molecule has 0 fully saturated rings. The number of hydrogen-bond donors (Lipinski definition) is 2. The molecule has 47 heavy (non-hydrogen) atoms. The lowest BCUT2D eigenvalue weighted by atomic mass is 10.0. The highest BCUT2D eigenvalue weighted by molar-refractivity contribution is 6.00. The number of anilines is 1. The summed E-state index contributed by atoms with van der Waals surface area (Å²) in [5, 5.41) is 13.2. The molecule has 0 radical (unpaired) electrons. The third-order valence-corrected chi connectivity index (χ3v) is 8.62. The number of aliphatic hydroxyl groups excluding tert-OH is 1. The second kappa shape index (κ2) is 17.6. The van der Waals surface area contributed by atoms with Gasteiger partial charge in [0, 0.05) is 38.3 Å². The van der Waals surface area contributed by atoms with Gasteiger partial charge in [-0.05, 0) is 62.4 Å². The van der Waals surface area contributed by atoms with E-state index in [4.69, 9.17) is 9.47 Å². The van der Waals surface area contributed by atoms with E-state index in [-0.39, 0.29) is 55.4 Å². The third-order valence-electron chi connectivity index (χ3n) is 8.62. The second-order valence-electron chi connectivity index (χ2n) is 12.7. The van der Waals surface area contributed by atoms with Gasteiger partial charge in [0.15, 0.2) is 0 Å². The molecule has 252 valence electrons. The lowest BCUT2D eigenvalue weighted by Crippen LogP contribution is -2.48. The van der Waals surface area contributed by atoms with Gasteiger partial charge in [-0.3, -0.25) is 14.4 Å². The van der Waals surface area contributed by atoms with Crippen molar-refractivity contribution in [2.45, 2.75) is 71.1 Å². The minimum atomic E-state index is -0.502. The number of ether oxygens (including phenoxy) is 2. The van der Waals surface area contributed by atoms with Gasteiger partial charge in [-0.15, -0.1) is 0 Å². The topological polar surface area (TPSA) is 108 Å². The smallest absolute Gasteiger partial charge is 0.258 e. The van der Waals surface area contributed by atoms with E-state index in [9.17, 15) is 19.5 Å². The van der Waals surface area contributed by atoms with Crippen molar-refractivity contribution in [3.63, 3.8) is 0 Å². The van der Waals surface area contributed by atoms with Crippen molar-refractivity contribution in [3.8, 4) is 5.75 Å². The highest BCUT2D eigenvalue weighted by Gasteiger charge is 2.31. The summed E-state index contributed by atoms with van der Waals surface area (Å²) in [5.74, 6) is -0.254. The van der Waals surface area contributed by atoms with Crippen LogP contribution in [0.15, 0.2) is 78.9 Å².